The Morgan fingerprint density at radius 2 is 2.06 bits per heavy atom. The highest BCUT2D eigenvalue weighted by atomic mass is 16.4. The van der Waals surface area contributed by atoms with Crippen molar-refractivity contribution in [2.45, 2.75) is 52.3 Å². The molecule has 0 aromatic rings. The second kappa shape index (κ2) is 5.14. The van der Waals surface area contributed by atoms with Gasteiger partial charge in [-0.15, -0.1) is 0 Å². The number of hydrogen-bond donors (Lipinski definition) is 2. The number of carboxylic acid groups (broad SMARTS) is 1. The van der Waals surface area contributed by atoms with Crippen molar-refractivity contribution in [3.05, 3.63) is 0 Å². The minimum absolute atomic E-state index is 0.298. The molecule has 1 aliphatic heterocycles. The molecule has 0 aromatic heterocycles. The van der Waals surface area contributed by atoms with E-state index < -0.39 is 23.7 Å². The lowest BCUT2D eigenvalue weighted by molar-refractivity contribution is -0.155. The van der Waals surface area contributed by atoms with Crippen LogP contribution in [0, 0.1) is 5.41 Å². The number of nitrogens with zero attached hydrogens (tertiary/aromatic N) is 1. The third-order valence-corrected chi connectivity index (χ3v) is 3.68. The number of aliphatic hydroxyl groups is 1. The zero-order chi connectivity index (χ0) is 13.2. The average molecular weight is 243 g/mol. The van der Waals surface area contributed by atoms with E-state index in [2.05, 4.69) is 0 Å². The number of Topliss-reactive ketones (excluding diaryl/α,β-unsaturated/α-hetero) is 1. The number of aliphatic hydroxyl groups excluding tert-OH is 1. The van der Waals surface area contributed by atoms with Crippen LogP contribution >= 0.6 is 0 Å². The van der Waals surface area contributed by atoms with Crippen molar-refractivity contribution in [3.8, 4) is 0 Å². The topological polar surface area (TPSA) is 77.8 Å². The average Bonchev–Trinajstić information content (AvgIpc) is 2.75. The van der Waals surface area contributed by atoms with Crippen molar-refractivity contribution in [1.82, 2.24) is 4.90 Å². The number of hydrogen-bond acceptors (Lipinski definition) is 4. The van der Waals surface area contributed by atoms with Gasteiger partial charge in [0, 0.05) is 12.0 Å². The summed E-state index contributed by atoms with van der Waals surface area (Å²) >= 11 is 0. The summed E-state index contributed by atoms with van der Waals surface area (Å²) in [6.45, 7) is 5.88. The molecule has 1 rings (SSSR count). The Morgan fingerprint density at radius 3 is 2.53 bits per heavy atom. The molecule has 5 heteroatoms. The largest absolute Gasteiger partial charge is 0.480 e. The molecule has 0 radical (unpaired) electrons. The Kier molecular flexibility index (Phi) is 4.27. The summed E-state index contributed by atoms with van der Waals surface area (Å²) in [5.74, 6) is -1.27. The summed E-state index contributed by atoms with van der Waals surface area (Å²) in [4.78, 5) is 24.5. The molecular formula is C12H21NO4. The molecule has 2 N–H and O–H groups in total. The molecule has 5 nitrogen and oxygen atoms in total. The minimum Gasteiger partial charge on any atom is -0.480 e. The summed E-state index contributed by atoms with van der Waals surface area (Å²) in [6, 6.07) is -0.735. The molecule has 0 aromatic carbocycles. The molecule has 0 spiro atoms. The number of carbonyl (C=O) groups is 2. The maximum Gasteiger partial charge on any atom is 0.321 e. The van der Waals surface area contributed by atoms with E-state index in [1.54, 1.807) is 13.8 Å². The van der Waals surface area contributed by atoms with Crippen LogP contribution in [0.4, 0.5) is 0 Å². The Bertz CT molecular complexity index is 314. The van der Waals surface area contributed by atoms with Gasteiger partial charge in [-0.05, 0) is 19.3 Å². The van der Waals surface area contributed by atoms with Crippen LogP contribution in [-0.2, 0) is 9.59 Å². The summed E-state index contributed by atoms with van der Waals surface area (Å²) in [7, 11) is 0. The van der Waals surface area contributed by atoms with Gasteiger partial charge in [-0.2, -0.15) is 0 Å². The normalized spacial score (nSPS) is 23.6. The van der Waals surface area contributed by atoms with E-state index >= 15 is 0 Å². The van der Waals surface area contributed by atoms with Crippen LogP contribution in [0.15, 0.2) is 0 Å². The maximum atomic E-state index is 12.1. The highest BCUT2D eigenvalue weighted by Crippen LogP contribution is 2.27. The minimum atomic E-state index is -1.30. The van der Waals surface area contributed by atoms with Gasteiger partial charge in [0.2, 0.25) is 0 Å². The first-order chi connectivity index (χ1) is 7.81. The zero-order valence-corrected chi connectivity index (χ0v) is 10.6. The Balaban J connectivity index is 2.79. The molecule has 17 heavy (non-hydrogen) atoms. The lowest BCUT2D eigenvalue weighted by Crippen LogP contribution is -2.50. The van der Waals surface area contributed by atoms with Crippen LogP contribution < -0.4 is 0 Å². The third kappa shape index (κ3) is 2.84. The van der Waals surface area contributed by atoms with E-state index in [9.17, 15) is 14.7 Å². The van der Waals surface area contributed by atoms with Crippen molar-refractivity contribution in [2.24, 2.45) is 5.41 Å². The van der Waals surface area contributed by atoms with Gasteiger partial charge in [0.05, 0.1) is 0 Å². The smallest absolute Gasteiger partial charge is 0.321 e. The highest BCUT2D eigenvalue weighted by molar-refractivity contribution is 5.88. The van der Waals surface area contributed by atoms with E-state index in [0.717, 1.165) is 0 Å². The molecule has 2 atom stereocenters. The summed E-state index contributed by atoms with van der Waals surface area (Å²) in [5.41, 5.74) is -0.620. The number of carboxylic acids is 1. The fourth-order valence-corrected chi connectivity index (χ4v) is 2.02. The van der Waals surface area contributed by atoms with Crippen LogP contribution in [0.25, 0.3) is 0 Å². The van der Waals surface area contributed by atoms with E-state index in [-0.39, 0.29) is 5.78 Å². The number of likely N-dealkylation sites (tertiary alicyclic amines) is 1. The molecule has 0 saturated carbocycles. The molecule has 1 aliphatic rings. The van der Waals surface area contributed by atoms with Gasteiger partial charge in [-0.3, -0.25) is 14.5 Å². The zero-order valence-electron chi connectivity index (χ0n) is 10.6. The number of carbonyl (C=O) groups excluding carboxylic acids is 1. The molecule has 0 amide bonds. The van der Waals surface area contributed by atoms with Crippen LogP contribution in [0.1, 0.15) is 40.0 Å². The van der Waals surface area contributed by atoms with Gasteiger partial charge in [-0.25, -0.2) is 0 Å². The lowest BCUT2D eigenvalue weighted by Gasteiger charge is -2.31. The van der Waals surface area contributed by atoms with Gasteiger partial charge < -0.3 is 10.2 Å². The van der Waals surface area contributed by atoms with Gasteiger partial charge in [0.25, 0.3) is 0 Å². The molecule has 0 aliphatic carbocycles. The summed E-state index contributed by atoms with van der Waals surface area (Å²) in [5, 5.41) is 19.0. The van der Waals surface area contributed by atoms with Crippen molar-refractivity contribution in [1.29, 1.82) is 0 Å². The first-order valence-corrected chi connectivity index (χ1v) is 6.02. The maximum absolute atomic E-state index is 12.1. The first kappa shape index (κ1) is 14.1. The number of aliphatic carboxylic acids is 1. The van der Waals surface area contributed by atoms with E-state index in [1.165, 1.54) is 4.90 Å². The van der Waals surface area contributed by atoms with Crippen LogP contribution in [0.2, 0.25) is 0 Å². The van der Waals surface area contributed by atoms with Gasteiger partial charge in [0.1, 0.15) is 6.04 Å². The fourth-order valence-electron chi connectivity index (χ4n) is 2.02. The molecule has 1 fully saturated rings. The van der Waals surface area contributed by atoms with Crippen molar-refractivity contribution in [2.75, 3.05) is 6.54 Å². The van der Waals surface area contributed by atoms with Crippen LogP contribution in [0.5, 0.6) is 0 Å². The molecule has 98 valence electrons. The predicted octanol–water partition coefficient (Wildman–Crippen LogP) is 0.859. The quantitative estimate of drug-likeness (QED) is 0.748. The molecular weight excluding hydrogens is 222 g/mol. The third-order valence-electron chi connectivity index (χ3n) is 3.68. The standard InChI is InChI=1S/C12H21NO4/c1-4-12(2,3)9(14)10(15)13-7-5-6-8(13)11(16)17/h8,10,15H,4-7H2,1-3H3,(H,16,17)/t8-,10?/m0/s1. The SMILES string of the molecule is CCC(C)(C)C(=O)C(O)N1CCC[C@H]1C(=O)O. The van der Waals surface area contributed by atoms with Crippen molar-refractivity contribution >= 4 is 11.8 Å². The Morgan fingerprint density at radius 1 is 1.47 bits per heavy atom. The lowest BCUT2D eigenvalue weighted by atomic mass is 9.84. The second-order valence-electron chi connectivity index (χ2n) is 5.21. The van der Waals surface area contributed by atoms with Crippen LogP contribution in [-0.4, -0.2) is 45.7 Å². The Labute approximate surface area is 101 Å². The number of rotatable bonds is 5. The summed E-state index contributed by atoms with van der Waals surface area (Å²) in [6.07, 6.45) is 0.516. The van der Waals surface area contributed by atoms with Gasteiger partial charge in [0.15, 0.2) is 12.0 Å². The van der Waals surface area contributed by atoms with Crippen molar-refractivity contribution in [3.63, 3.8) is 0 Å². The predicted molar refractivity (Wildman–Crippen MR) is 62.4 cm³/mol. The van der Waals surface area contributed by atoms with E-state index in [0.29, 0.717) is 25.8 Å². The van der Waals surface area contributed by atoms with Gasteiger partial charge in [-0.1, -0.05) is 20.8 Å². The fraction of sp³-hybridized carbons (Fsp3) is 0.833. The van der Waals surface area contributed by atoms with E-state index in [4.69, 9.17) is 5.11 Å². The monoisotopic (exact) mass is 243 g/mol. The highest BCUT2D eigenvalue weighted by Gasteiger charge is 2.41. The molecule has 0 bridgehead atoms. The summed E-state index contributed by atoms with van der Waals surface area (Å²) < 4.78 is 0. The van der Waals surface area contributed by atoms with Gasteiger partial charge >= 0.3 is 5.97 Å². The first-order valence-electron chi connectivity index (χ1n) is 6.02. The number of ketones is 1. The second-order valence-corrected chi connectivity index (χ2v) is 5.21. The molecule has 1 unspecified atom stereocenters. The molecule has 1 heterocycles. The Hall–Kier alpha value is -0.940. The van der Waals surface area contributed by atoms with Crippen molar-refractivity contribution < 1.29 is 19.8 Å². The van der Waals surface area contributed by atoms with E-state index in [1.807, 2.05) is 6.92 Å². The van der Waals surface area contributed by atoms with Crippen LogP contribution in [0.3, 0.4) is 0 Å². The molecule has 1 saturated heterocycles.